The number of nitrogens with one attached hydrogen (secondary N) is 1. The van der Waals surface area contributed by atoms with E-state index in [4.69, 9.17) is 23.1 Å². The molecule has 0 atom stereocenters. The number of rotatable bonds is 4. The number of fused-ring (bicyclic) bond motifs is 3. The van der Waals surface area contributed by atoms with E-state index >= 15 is 0 Å². The van der Waals surface area contributed by atoms with Gasteiger partial charge in [-0.05, 0) is 49.1 Å². The van der Waals surface area contributed by atoms with Crippen LogP contribution in [0.15, 0.2) is 36.5 Å². The van der Waals surface area contributed by atoms with Gasteiger partial charge in [0.2, 0.25) is 5.91 Å². The number of terminal acetylenes is 1. The average Bonchev–Trinajstić information content (AvgIpc) is 3.43. The Hall–Kier alpha value is -4.00. The Bertz CT molecular complexity index is 1580. The molecule has 36 heavy (non-hydrogen) atoms. The lowest BCUT2D eigenvalue weighted by Gasteiger charge is -2.16. The first-order chi connectivity index (χ1) is 17.3. The van der Waals surface area contributed by atoms with Crippen LogP contribution in [-0.4, -0.2) is 50.6 Å². The van der Waals surface area contributed by atoms with Gasteiger partial charge in [0.1, 0.15) is 5.69 Å². The van der Waals surface area contributed by atoms with Crippen LogP contribution in [0.5, 0.6) is 0 Å². The average molecular weight is 517 g/mol. The Morgan fingerprint density at radius 2 is 2.06 bits per heavy atom. The fraction of sp³-hybridized carbons (Fsp3) is 0.192. The summed E-state index contributed by atoms with van der Waals surface area (Å²) in [6.45, 7) is 1.45. The molecule has 0 unspecified atom stereocenters. The highest BCUT2D eigenvalue weighted by Crippen LogP contribution is 2.45. The molecule has 10 heteroatoms. The molecule has 1 N–H and O–H groups in total. The van der Waals surface area contributed by atoms with Gasteiger partial charge in [0.25, 0.3) is 5.91 Å². The largest absolute Gasteiger partial charge is 0.345 e. The van der Waals surface area contributed by atoms with Crippen LogP contribution in [-0.2, 0) is 17.6 Å². The topological polar surface area (TPSA) is 93.0 Å². The second kappa shape index (κ2) is 9.22. The Balaban J connectivity index is 1.75. The molecule has 0 bridgehead atoms. The van der Waals surface area contributed by atoms with Gasteiger partial charge in [-0.2, -0.15) is 5.10 Å². The van der Waals surface area contributed by atoms with E-state index in [-0.39, 0.29) is 11.8 Å². The number of nitrogens with zero attached hydrogens (tertiary/aromatic N) is 5. The Labute approximate surface area is 217 Å². The molecule has 0 aliphatic heterocycles. The monoisotopic (exact) mass is 516 g/mol. The first-order valence-electron chi connectivity index (χ1n) is 11.1. The van der Waals surface area contributed by atoms with Crippen molar-refractivity contribution in [2.75, 3.05) is 19.4 Å². The van der Waals surface area contributed by atoms with Gasteiger partial charge in [0.15, 0.2) is 5.13 Å². The Morgan fingerprint density at radius 1 is 1.25 bits per heavy atom. The number of carbonyl (C=O) groups is 2. The number of aryl methyl sites for hydroxylation is 1. The number of halogens is 1. The Kier molecular flexibility index (Phi) is 6.08. The maximum Gasteiger partial charge on any atom is 0.253 e. The number of aromatic nitrogens is 4. The summed E-state index contributed by atoms with van der Waals surface area (Å²) in [4.78, 5) is 35.5. The minimum absolute atomic E-state index is 0.148. The van der Waals surface area contributed by atoms with E-state index in [1.165, 1.54) is 23.2 Å². The smallest absolute Gasteiger partial charge is 0.253 e. The van der Waals surface area contributed by atoms with E-state index < -0.39 is 0 Å². The molecule has 0 saturated heterocycles. The third-order valence-corrected chi connectivity index (χ3v) is 7.14. The summed E-state index contributed by atoms with van der Waals surface area (Å²) in [5, 5.41) is 8.66. The van der Waals surface area contributed by atoms with Crippen LogP contribution >= 0.6 is 22.9 Å². The van der Waals surface area contributed by atoms with E-state index in [0.717, 1.165) is 33.1 Å². The molecule has 0 radical (unpaired) electrons. The molecule has 5 rings (SSSR count). The van der Waals surface area contributed by atoms with Crippen molar-refractivity contribution in [3.05, 3.63) is 64.1 Å². The fourth-order valence-electron chi connectivity index (χ4n) is 4.25. The molecule has 180 valence electrons. The molecule has 0 spiro atoms. The fourth-order valence-corrected chi connectivity index (χ4v) is 5.62. The van der Waals surface area contributed by atoms with Gasteiger partial charge in [0.05, 0.1) is 32.7 Å². The van der Waals surface area contributed by atoms with Crippen molar-refractivity contribution in [3.8, 4) is 39.9 Å². The van der Waals surface area contributed by atoms with Gasteiger partial charge in [-0.15, -0.1) is 6.42 Å². The van der Waals surface area contributed by atoms with Crippen LogP contribution in [0.4, 0.5) is 5.13 Å². The molecule has 3 heterocycles. The molecule has 8 nitrogen and oxygen atoms in total. The predicted molar refractivity (Wildman–Crippen MR) is 141 cm³/mol. The predicted octanol–water partition coefficient (Wildman–Crippen LogP) is 4.45. The zero-order valence-corrected chi connectivity index (χ0v) is 21.4. The van der Waals surface area contributed by atoms with Crippen molar-refractivity contribution in [2.45, 2.75) is 19.8 Å². The van der Waals surface area contributed by atoms with Gasteiger partial charge in [-0.1, -0.05) is 22.9 Å². The minimum Gasteiger partial charge on any atom is -0.345 e. The SMILES string of the molecule is C#Cc1ncccc1-c1nn(-c2ccc(C(=O)N(C)C)cc2Cl)c2c1CCc1nc(NC(C)=O)sc1-2. The van der Waals surface area contributed by atoms with Gasteiger partial charge < -0.3 is 10.2 Å². The number of thiazole rings is 1. The second-order valence-electron chi connectivity index (χ2n) is 8.47. The van der Waals surface area contributed by atoms with E-state index in [2.05, 4.69) is 21.2 Å². The third kappa shape index (κ3) is 4.04. The van der Waals surface area contributed by atoms with Crippen molar-refractivity contribution in [3.63, 3.8) is 0 Å². The number of benzene rings is 1. The lowest BCUT2D eigenvalue weighted by molar-refractivity contribution is -0.114. The van der Waals surface area contributed by atoms with Gasteiger partial charge >= 0.3 is 0 Å². The molecule has 1 aliphatic rings. The van der Waals surface area contributed by atoms with E-state index in [1.54, 1.807) is 43.2 Å². The number of hydrogen-bond acceptors (Lipinski definition) is 6. The highest BCUT2D eigenvalue weighted by molar-refractivity contribution is 7.19. The molecule has 1 aromatic carbocycles. The summed E-state index contributed by atoms with van der Waals surface area (Å²) in [7, 11) is 3.38. The summed E-state index contributed by atoms with van der Waals surface area (Å²) < 4.78 is 1.78. The van der Waals surface area contributed by atoms with Gasteiger partial charge in [-0.3, -0.25) is 9.59 Å². The zero-order valence-electron chi connectivity index (χ0n) is 19.8. The number of carbonyl (C=O) groups excluding carboxylic acids is 2. The maximum absolute atomic E-state index is 12.5. The van der Waals surface area contributed by atoms with Crippen LogP contribution in [0.2, 0.25) is 5.02 Å². The quantitative estimate of drug-likeness (QED) is 0.404. The molecule has 1 aliphatic carbocycles. The molecule has 0 saturated carbocycles. The third-order valence-electron chi connectivity index (χ3n) is 5.82. The van der Waals surface area contributed by atoms with E-state index in [0.29, 0.717) is 39.9 Å². The summed E-state index contributed by atoms with van der Waals surface area (Å²) in [6, 6.07) is 8.88. The standard InChI is InChI=1S/C26H21ClN6O2S/c1-5-19-16(7-6-12-28-19)22-17-9-10-20-24(36-26(30-20)29-14(2)34)23(17)33(31-22)21-11-8-15(13-18(21)27)25(35)32(3)4/h1,6-8,11-13H,9-10H2,2-4H3,(H,29,30,34). The molecular weight excluding hydrogens is 496 g/mol. The lowest BCUT2D eigenvalue weighted by Crippen LogP contribution is -2.21. The summed E-state index contributed by atoms with van der Waals surface area (Å²) >= 11 is 8.11. The van der Waals surface area contributed by atoms with Crippen LogP contribution < -0.4 is 5.32 Å². The van der Waals surface area contributed by atoms with Crippen molar-refractivity contribution in [2.24, 2.45) is 0 Å². The van der Waals surface area contributed by atoms with Crippen LogP contribution in [0.25, 0.3) is 27.5 Å². The second-order valence-corrected chi connectivity index (χ2v) is 9.88. The van der Waals surface area contributed by atoms with Crippen molar-refractivity contribution >= 4 is 39.9 Å². The first-order valence-corrected chi connectivity index (χ1v) is 12.3. The number of amides is 2. The zero-order chi connectivity index (χ0) is 25.6. The maximum atomic E-state index is 12.5. The van der Waals surface area contributed by atoms with Crippen molar-refractivity contribution in [1.82, 2.24) is 24.6 Å². The normalized spacial score (nSPS) is 11.9. The lowest BCUT2D eigenvalue weighted by atomic mass is 9.94. The van der Waals surface area contributed by atoms with Crippen LogP contribution in [0.1, 0.15) is 34.2 Å². The highest BCUT2D eigenvalue weighted by atomic mass is 35.5. The van der Waals surface area contributed by atoms with Crippen LogP contribution in [0.3, 0.4) is 0 Å². The molecule has 3 aromatic heterocycles. The highest BCUT2D eigenvalue weighted by Gasteiger charge is 2.31. The number of hydrogen-bond donors (Lipinski definition) is 1. The first kappa shape index (κ1) is 23.7. The number of anilines is 1. The van der Waals surface area contributed by atoms with Gasteiger partial charge in [0, 0.05) is 43.9 Å². The summed E-state index contributed by atoms with van der Waals surface area (Å²) in [6.07, 6.45) is 8.77. The minimum atomic E-state index is -0.186. The Morgan fingerprint density at radius 3 is 2.75 bits per heavy atom. The molecular formula is C26H21ClN6O2S. The van der Waals surface area contributed by atoms with E-state index in [9.17, 15) is 9.59 Å². The molecule has 2 amide bonds. The summed E-state index contributed by atoms with van der Waals surface area (Å²) in [5.41, 5.74) is 5.76. The van der Waals surface area contributed by atoms with Crippen LogP contribution in [0, 0.1) is 12.3 Å². The van der Waals surface area contributed by atoms with Crippen molar-refractivity contribution < 1.29 is 9.59 Å². The van der Waals surface area contributed by atoms with Crippen molar-refractivity contribution in [1.29, 1.82) is 0 Å². The molecule has 0 fully saturated rings. The molecule has 4 aromatic rings. The summed E-state index contributed by atoms with van der Waals surface area (Å²) in [5.74, 6) is 2.32. The van der Waals surface area contributed by atoms with Gasteiger partial charge in [-0.25, -0.2) is 14.6 Å². The number of pyridine rings is 1. The van der Waals surface area contributed by atoms with E-state index in [1.807, 2.05) is 12.1 Å².